The van der Waals surface area contributed by atoms with Gasteiger partial charge in [0.05, 0.1) is 6.61 Å². The van der Waals surface area contributed by atoms with Crippen molar-refractivity contribution in [1.29, 1.82) is 0 Å². The Morgan fingerprint density at radius 3 is 2.38 bits per heavy atom. The van der Waals surface area contributed by atoms with Gasteiger partial charge in [0, 0.05) is 45.1 Å². The van der Waals surface area contributed by atoms with Crippen molar-refractivity contribution in [3.63, 3.8) is 0 Å². The van der Waals surface area contributed by atoms with E-state index in [0.29, 0.717) is 13.2 Å². The summed E-state index contributed by atoms with van der Waals surface area (Å²) in [5.41, 5.74) is 6.78. The topological polar surface area (TPSA) is 67.5 Å². The molecular formula is C18H25N5O. The first kappa shape index (κ1) is 16.7. The molecule has 0 spiro atoms. The van der Waals surface area contributed by atoms with Crippen LogP contribution in [0.1, 0.15) is 12.0 Å². The molecule has 1 saturated heterocycles. The Hall–Kier alpha value is -2.18. The van der Waals surface area contributed by atoms with Gasteiger partial charge in [-0.15, -0.1) is 0 Å². The lowest BCUT2D eigenvalue weighted by molar-refractivity contribution is 0.248. The molecule has 0 radical (unpaired) electrons. The third-order valence-electron chi connectivity index (χ3n) is 4.15. The molecule has 0 aliphatic carbocycles. The number of benzene rings is 1. The molecule has 1 fully saturated rings. The lowest BCUT2D eigenvalue weighted by Crippen LogP contribution is -2.46. The van der Waals surface area contributed by atoms with Gasteiger partial charge >= 0.3 is 0 Å². The molecule has 0 amide bonds. The van der Waals surface area contributed by atoms with E-state index in [9.17, 15) is 0 Å². The van der Waals surface area contributed by atoms with Crippen LogP contribution in [0.4, 0.5) is 5.95 Å². The molecule has 3 rings (SSSR count). The molecule has 1 aromatic carbocycles. The lowest BCUT2D eigenvalue weighted by atomic mass is 10.2. The average molecular weight is 327 g/mol. The monoisotopic (exact) mass is 327 g/mol. The van der Waals surface area contributed by atoms with Crippen LogP contribution in [0.15, 0.2) is 42.7 Å². The fraction of sp³-hybridized carbons (Fsp3) is 0.444. The first-order valence-electron chi connectivity index (χ1n) is 8.51. The van der Waals surface area contributed by atoms with E-state index in [-0.39, 0.29) is 0 Å². The van der Waals surface area contributed by atoms with Crippen LogP contribution in [0, 0.1) is 0 Å². The molecule has 6 heteroatoms. The highest BCUT2D eigenvalue weighted by Gasteiger charge is 2.18. The third-order valence-corrected chi connectivity index (χ3v) is 4.15. The number of ether oxygens (including phenoxy) is 1. The molecule has 2 N–H and O–H groups in total. The van der Waals surface area contributed by atoms with Crippen LogP contribution >= 0.6 is 0 Å². The van der Waals surface area contributed by atoms with E-state index in [1.165, 1.54) is 5.56 Å². The van der Waals surface area contributed by atoms with Gasteiger partial charge in [-0.2, -0.15) is 0 Å². The molecule has 0 bridgehead atoms. The molecule has 1 aromatic heterocycles. The van der Waals surface area contributed by atoms with Gasteiger partial charge in [-0.3, -0.25) is 4.90 Å². The minimum Gasteiger partial charge on any atom is -0.494 e. The van der Waals surface area contributed by atoms with Crippen molar-refractivity contribution in [3.8, 4) is 5.75 Å². The van der Waals surface area contributed by atoms with E-state index < -0.39 is 0 Å². The summed E-state index contributed by atoms with van der Waals surface area (Å²) >= 11 is 0. The van der Waals surface area contributed by atoms with Gasteiger partial charge in [0.15, 0.2) is 0 Å². The van der Waals surface area contributed by atoms with E-state index in [1.807, 2.05) is 18.2 Å². The second kappa shape index (κ2) is 8.61. The van der Waals surface area contributed by atoms with Gasteiger partial charge in [-0.1, -0.05) is 12.1 Å². The van der Waals surface area contributed by atoms with Crippen LogP contribution in [-0.4, -0.2) is 54.2 Å². The zero-order valence-electron chi connectivity index (χ0n) is 14.0. The van der Waals surface area contributed by atoms with E-state index in [4.69, 9.17) is 10.5 Å². The maximum atomic E-state index is 5.64. The zero-order valence-corrected chi connectivity index (χ0v) is 14.0. The maximum absolute atomic E-state index is 5.64. The Kier molecular flexibility index (Phi) is 5.98. The second-order valence-electron chi connectivity index (χ2n) is 5.95. The van der Waals surface area contributed by atoms with Gasteiger partial charge < -0.3 is 15.4 Å². The number of piperazine rings is 1. The van der Waals surface area contributed by atoms with Crippen molar-refractivity contribution in [3.05, 3.63) is 48.3 Å². The van der Waals surface area contributed by atoms with Gasteiger partial charge in [-0.05, 0) is 36.7 Å². The molecule has 1 aliphatic heterocycles. The van der Waals surface area contributed by atoms with Crippen LogP contribution in [0.3, 0.4) is 0 Å². The predicted molar refractivity (Wildman–Crippen MR) is 95.1 cm³/mol. The Labute approximate surface area is 143 Å². The minimum atomic E-state index is 0.665. The standard InChI is InChI=1S/C18H25N5O/c19-7-1-14-24-17-5-3-16(4-6-17)15-22-10-12-23(13-11-22)18-20-8-2-9-21-18/h2-6,8-9H,1,7,10-15,19H2. The highest BCUT2D eigenvalue weighted by Crippen LogP contribution is 2.16. The molecule has 6 nitrogen and oxygen atoms in total. The summed E-state index contributed by atoms with van der Waals surface area (Å²) in [5.74, 6) is 1.74. The van der Waals surface area contributed by atoms with Gasteiger partial charge in [0.25, 0.3) is 0 Å². The Bertz CT molecular complexity index is 597. The van der Waals surface area contributed by atoms with E-state index in [1.54, 1.807) is 12.4 Å². The summed E-state index contributed by atoms with van der Waals surface area (Å²) in [6, 6.07) is 10.2. The van der Waals surface area contributed by atoms with Crippen molar-refractivity contribution < 1.29 is 4.74 Å². The smallest absolute Gasteiger partial charge is 0.225 e. The van der Waals surface area contributed by atoms with E-state index in [0.717, 1.165) is 50.8 Å². The summed E-state index contributed by atoms with van der Waals surface area (Å²) < 4.78 is 5.64. The maximum Gasteiger partial charge on any atom is 0.225 e. The molecule has 24 heavy (non-hydrogen) atoms. The van der Waals surface area contributed by atoms with Crippen LogP contribution in [0.2, 0.25) is 0 Å². The first-order chi connectivity index (χ1) is 11.8. The van der Waals surface area contributed by atoms with Crippen molar-refractivity contribution in [1.82, 2.24) is 14.9 Å². The second-order valence-corrected chi connectivity index (χ2v) is 5.95. The number of aromatic nitrogens is 2. The predicted octanol–water partition coefficient (Wildman–Crippen LogP) is 1.53. The van der Waals surface area contributed by atoms with Crippen LogP contribution in [-0.2, 0) is 6.54 Å². The summed E-state index contributed by atoms with van der Waals surface area (Å²) in [6.45, 7) is 6.28. The van der Waals surface area contributed by atoms with E-state index >= 15 is 0 Å². The molecule has 2 heterocycles. The molecule has 0 saturated carbocycles. The highest BCUT2D eigenvalue weighted by atomic mass is 16.5. The number of hydrogen-bond donors (Lipinski definition) is 1. The molecule has 1 aliphatic rings. The Morgan fingerprint density at radius 1 is 1.00 bits per heavy atom. The van der Waals surface area contributed by atoms with Gasteiger partial charge in [0.2, 0.25) is 5.95 Å². The van der Waals surface area contributed by atoms with Gasteiger partial charge in [-0.25, -0.2) is 9.97 Å². The lowest BCUT2D eigenvalue weighted by Gasteiger charge is -2.34. The number of rotatable bonds is 7. The number of nitrogens with two attached hydrogens (primary N) is 1. The molecule has 128 valence electrons. The quantitative estimate of drug-likeness (QED) is 0.778. The number of hydrogen-bond acceptors (Lipinski definition) is 6. The van der Waals surface area contributed by atoms with Crippen molar-refractivity contribution in [2.24, 2.45) is 5.73 Å². The first-order valence-corrected chi connectivity index (χ1v) is 8.51. The van der Waals surface area contributed by atoms with Crippen molar-refractivity contribution >= 4 is 5.95 Å². The number of nitrogens with zero attached hydrogens (tertiary/aromatic N) is 4. The zero-order chi connectivity index (χ0) is 16.6. The summed E-state index contributed by atoms with van der Waals surface area (Å²) in [5, 5.41) is 0. The summed E-state index contributed by atoms with van der Waals surface area (Å²) in [6.07, 6.45) is 4.48. The average Bonchev–Trinajstić information content (AvgIpc) is 2.65. The van der Waals surface area contributed by atoms with Crippen molar-refractivity contribution in [2.45, 2.75) is 13.0 Å². The van der Waals surface area contributed by atoms with Crippen LogP contribution in [0.25, 0.3) is 0 Å². The molecule has 2 aromatic rings. The molecule has 0 unspecified atom stereocenters. The van der Waals surface area contributed by atoms with Gasteiger partial charge in [0.1, 0.15) is 5.75 Å². The number of anilines is 1. The molecular weight excluding hydrogens is 302 g/mol. The highest BCUT2D eigenvalue weighted by molar-refractivity contribution is 5.30. The Balaban J connectivity index is 1.46. The molecule has 0 atom stereocenters. The fourth-order valence-corrected chi connectivity index (χ4v) is 2.78. The van der Waals surface area contributed by atoms with Crippen LogP contribution in [0.5, 0.6) is 5.75 Å². The SMILES string of the molecule is NCCCOc1ccc(CN2CCN(c3ncccn3)CC2)cc1. The minimum absolute atomic E-state index is 0.665. The third kappa shape index (κ3) is 4.66. The Morgan fingerprint density at radius 2 is 1.71 bits per heavy atom. The van der Waals surface area contributed by atoms with Crippen LogP contribution < -0.4 is 15.4 Å². The normalized spacial score (nSPS) is 15.5. The summed E-state index contributed by atoms with van der Waals surface area (Å²) in [7, 11) is 0. The van der Waals surface area contributed by atoms with Crippen molar-refractivity contribution in [2.75, 3.05) is 44.2 Å². The van der Waals surface area contributed by atoms with E-state index in [2.05, 4.69) is 31.9 Å². The summed E-state index contributed by atoms with van der Waals surface area (Å²) in [4.78, 5) is 13.4. The largest absolute Gasteiger partial charge is 0.494 e. The fourth-order valence-electron chi connectivity index (χ4n) is 2.78.